The van der Waals surface area contributed by atoms with E-state index in [9.17, 15) is 4.79 Å². The van der Waals surface area contributed by atoms with E-state index in [1.54, 1.807) is 23.9 Å². The van der Waals surface area contributed by atoms with Crippen LogP contribution in [0.15, 0.2) is 52.9 Å². The Kier molecular flexibility index (Phi) is 6.00. The van der Waals surface area contributed by atoms with Gasteiger partial charge in [0.2, 0.25) is 11.0 Å². The normalized spacial score (nSPS) is 10.3. The monoisotopic (exact) mass is 380 g/mol. The number of anilines is 1. The molecule has 7 heteroatoms. The molecule has 0 saturated heterocycles. The van der Waals surface area contributed by atoms with E-state index in [0.717, 1.165) is 21.2 Å². The standard InChI is InChI=1S/C19H16N4OS2/c1-13-2-4-14(5-3-13)10-17(24)21-18-22-23-19(26-18)25-12-16-8-6-15(11-20)7-9-16/h2-9H,10,12H2,1H3,(H,21,22,24). The summed E-state index contributed by atoms with van der Waals surface area (Å²) in [4.78, 5) is 12.1. The topological polar surface area (TPSA) is 78.7 Å². The van der Waals surface area contributed by atoms with Gasteiger partial charge in [0.1, 0.15) is 0 Å². The molecule has 1 N–H and O–H groups in total. The Morgan fingerprint density at radius 3 is 2.50 bits per heavy atom. The van der Waals surface area contributed by atoms with Gasteiger partial charge < -0.3 is 5.32 Å². The Labute approximate surface area is 160 Å². The van der Waals surface area contributed by atoms with Crippen LogP contribution in [0.2, 0.25) is 0 Å². The molecule has 0 aliphatic carbocycles. The molecule has 0 bridgehead atoms. The van der Waals surface area contributed by atoms with Gasteiger partial charge in [-0.2, -0.15) is 5.26 Å². The molecule has 1 heterocycles. The summed E-state index contributed by atoms with van der Waals surface area (Å²) in [6.07, 6.45) is 0.313. The molecule has 2 aromatic carbocycles. The molecule has 0 aliphatic rings. The highest BCUT2D eigenvalue weighted by Crippen LogP contribution is 2.28. The summed E-state index contributed by atoms with van der Waals surface area (Å²) >= 11 is 2.91. The Bertz CT molecular complexity index is 927. The maximum absolute atomic E-state index is 12.1. The maximum Gasteiger partial charge on any atom is 0.230 e. The Hall–Kier alpha value is -2.69. The van der Waals surface area contributed by atoms with Crippen molar-refractivity contribution in [3.8, 4) is 6.07 Å². The van der Waals surface area contributed by atoms with Gasteiger partial charge in [0.05, 0.1) is 18.1 Å². The minimum atomic E-state index is -0.103. The van der Waals surface area contributed by atoms with E-state index in [-0.39, 0.29) is 5.91 Å². The van der Waals surface area contributed by atoms with Crippen LogP contribution in [-0.4, -0.2) is 16.1 Å². The van der Waals surface area contributed by atoms with Gasteiger partial charge in [-0.3, -0.25) is 4.79 Å². The molecule has 130 valence electrons. The average Bonchev–Trinajstić information content (AvgIpc) is 3.09. The number of aromatic nitrogens is 2. The number of benzene rings is 2. The molecule has 3 aromatic rings. The number of nitrogens with zero attached hydrogens (tertiary/aromatic N) is 3. The van der Waals surface area contributed by atoms with Gasteiger partial charge in [-0.1, -0.05) is 65.1 Å². The van der Waals surface area contributed by atoms with E-state index in [1.165, 1.54) is 16.9 Å². The Balaban J connectivity index is 1.51. The lowest BCUT2D eigenvalue weighted by Gasteiger charge is -2.02. The van der Waals surface area contributed by atoms with Gasteiger partial charge in [-0.05, 0) is 30.2 Å². The summed E-state index contributed by atoms with van der Waals surface area (Å²) in [5.41, 5.74) is 3.89. The van der Waals surface area contributed by atoms with Gasteiger partial charge >= 0.3 is 0 Å². The fourth-order valence-corrected chi connectivity index (χ4v) is 3.92. The summed E-state index contributed by atoms with van der Waals surface area (Å²) in [6.45, 7) is 2.02. The second-order valence-corrected chi connectivity index (χ2v) is 7.88. The van der Waals surface area contributed by atoms with Crippen molar-refractivity contribution < 1.29 is 4.79 Å². The third-order valence-electron chi connectivity index (χ3n) is 3.58. The molecule has 0 aliphatic heterocycles. The number of amides is 1. The van der Waals surface area contributed by atoms with Crippen molar-refractivity contribution in [3.05, 3.63) is 70.8 Å². The van der Waals surface area contributed by atoms with Crippen molar-refractivity contribution in [1.29, 1.82) is 5.26 Å². The first-order valence-electron chi connectivity index (χ1n) is 7.93. The van der Waals surface area contributed by atoms with Gasteiger partial charge in [-0.25, -0.2) is 0 Å². The summed E-state index contributed by atoms with van der Waals surface area (Å²) in [5, 5.41) is 20.2. The fourth-order valence-electron chi connectivity index (χ4n) is 2.19. The molecule has 26 heavy (non-hydrogen) atoms. The molecular formula is C19H16N4OS2. The highest BCUT2D eigenvalue weighted by atomic mass is 32.2. The molecular weight excluding hydrogens is 364 g/mol. The predicted molar refractivity (Wildman–Crippen MR) is 104 cm³/mol. The van der Waals surface area contributed by atoms with Crippen molar-refractivity contribution in [3.63, 3.8) is 0 Å². The third-order valence-corrected chi connectivity index (χ3v) is 5.63. The van der Waals surface area contributed by atoms with Crippen LogP contribution in [0.3, 0.4) is 0 Å². The van der Waals surface area contributed by atoms with E-state index < -0.39 is 0 Å². The van der Waals surface area contributed by atoms with Gasteiger partial charge in [0, 0.05) is 5.75 Å². The lowest BCUT2D eigenvalue weighted by Crippen LogP contribution is -2.14. The predicted octanol–water partition coefficient (Wildman–Crippen LogP) is 4.19. The lowest BCUT2D eigenvalue weighted by molar-refractivity contribution is -0.115. The molecule has 3 rings (SSSR count). The van der Waals surface area contributed by atoms with E-state index in [2.05, 4.69) is 21.6 Å². The van der Waals surface area contributed by atoms with Crippen LogP contribution in [0.4, 0.5) is 5.13 Å². The summed E-state index contributed by atoms with van der Waals surface area (Å²) < 4.78 is 0.792. The minimum absolute atomic E-state index is 0.103. The van der Waals surface area contributed by atoms with Crippen LogP contribution in [0.25, 0.3) is 0 Å². The number of thioether (sulfide) groups is 1. The number of aryl methyl sites for hydroxylation is 1. The van der Waals surface area contributed by atoms with Gasteiger partial charge in [-0.15, -0.1) is 10.2 Å². The number of carbonyl (C=O) groups excluding carboxylic acids is 1. The molecule has 0 radical (unpaired) electrons. The molecule has 0 unspecified atom stereocenters. The van der Waals surface area contributed by atoms with Crippen molar-refractivity contribution in [2.24, 2.45) is 0 Å². The van der Waals surface area contributed by atoms with Crippen molar-refractivity contribution in [1.82, 2.24) is 10.2 Å². The van der Waals surface area contributed by atoms with Crippen LogP contribution in [0.1, 0.15) is 22.3 Å². The summed E-state index contributed by atoms with van der Waals surface area (Å²) in [5.74, 6) is 0.631. The van der Waals surface area contributed by atoms with E-state index in [0.29, 0.717) is 17.1 Å². The lowest BCUT2D eigenvalue weighted by atomic mass is 10.1. The molecule has 0 fully saturated rings. The first-order chi connectivity index (χ1) is 12.6. The van der Waals surface area contributed by atoms with Crippen LogP contribution >= 0.6 is 23.1 Å². The van der Waals surface area contributed by atoms with Crippen molar-refractivity contribution >= 4 is 34.1 Å². The molecule has 0 spiro atoms. The van der Waals surface area contributed by atoms with Gasteiger partial charge in [0.25, 0.3) is 0 Å². The zero-order valence-electron chi connectivity index (χ0n) is 14.1. The largest absolute Gasteiger partial charge is 0.300 e. The minimum Gasteiger partial charge on any atom is -0.300 e. The fraction of sp³-hybridized carbons (Fsp3) is 0.158. The van der Waals surface area contributed by atoms with Crippen LogP contribution in [0.5, 0.6) is 0 Å². The Morgan fingerprint density at radius 2 is 1.81 bits per heavy atom. The number of hydrogen-bond donors (Lipinski definition) is 1. The second kappa shape index (κ2) is 8.61. The van der Waals surface area contributed by atoms with Gasteiger partial charge in [0.15, 0.2) is 4.34 Å². The average molecular weight is 380 g/mol. The second-order valence-electron chi connectivity index (χ2n) is 5.68. The molecule has 1 aromatic heterocycles. The zero-order chi connectivity index (χ0) is 18.4. The summed E-state index contributed by atoms with van der Waals surface area (Å²) in [6, 6.07) is 17.4. The number of rotatable bonds is 6. The van der Waals surface area contributed by atoms with Crippen molar-refractivity contribution in [2.75, 3.05) is 5.32 Å². The van der Waals surface area contributed by atoms with E-state index >= 15 is 0 Å². The number of nitrogens with one attached hydrogen (secondary N) is 1. The highest BCUT2D eigenvalue weighted by molar-refractivity contribution is 8.00. The smallest absolute Gasteiger partial charge is 0.230 e. The molecule has 1 amide bonds. The highest BCUT2D eigenvalue weighted by Gasteiger charge is 2.09. The first kappa shape index (κ1) is 18.1. The van der Waals surface area contributed by atoms with Crippen LogP contribution in [0, 0.1) is 18.3 Å². The Morgan fingerprint density at radius 1 is 1.12 bits per heavy atom. The summed E-state index contributed by atoms with van der Waals surface area (Å²) in [7, 11) is 0. The van der Waals surface area contributed by atoms with Crippen molar-refractivity contribution in [2.45, 2.75) is 23.4 Å². The van der Waals surface area contributed by atoms with Crippen LogP contribution in [-0.2, 0) is 17.0 Å². The first-order valence-corrected chi connectivity index (χ1v) is 9.73. The van der Waals surface area contributed by atoms with Crippen LogP contribution < -0.4 is 5.32 Å². The number of hydrogen-bond acceptors (Lipinski definition) is 6. The SMILES string of the molecule is Cc1ccc(CC(=O)Nc2nnc(SCc3ccc(C#N)cc3)s2)cc1. The maximum atomic E-state index is 12.1. The number of carbonyl (C=O) groups is 1. The molecule has 0 atom stereocenters. The number of nitriles is 1. The third kappa shape index (κ3) is 5.15. The van der Waals surface area contributed by atoms with E-state index in [4.69, 9.17) is 5.26 Å². The quantitative estimate of drug-likeness (QED) is 0.512. The van der Waals surface area contributed by atoms with E-state index in [1.807, 2.05) is 43.3 Å². The molecule has 5 nitrogen and oxygen atoms in total. The zero-order valence-corrected chi connectivity index (χ0v) is 15.7. The molecule has 0 saturated carbocycles.